The summed E-state index contributed by atoms with van der Waals surface area (Å²) in [5, 5.41) is 7.63. The lowest BCUT2D eigenvalue weighted by molar-refractivity contribution is -0.118. The number of amides is 1. The monoisotopic (exact) mass is 425 g/mol. The lowest BCUT2D eigenvalue weighted by Crippen LogP contribution is -2.19. The Labute approximate surface area is 186 Å². The highest BCUT2D eigenvalue weighted by molar-refractivity contribution is 8.00. The quantitative estimate of drug-likeness (QED) is 0.198. The Morgan fingerprint density at radius 2 is 1.94 bits per heavy atom. The molecule has 0 aliphatic heterocycles. The SMILES string of the molecule is C#CCn1c(C)c(/C=N\NC(=O)CSc2cccc3ccccc23)c2cc(C)ccc21. The fourth-order valence-electron chi connectivity index (χ4n) is 3.75. The third kappa shape index (κ3) is 4.35. The van der Waals surface area contributed by atoms with E-state index in [1.54, 1.807) is 6.21 Å². The zero-order valence-corrected chi connectivity index (χ0v) is 18.4. The smallest absolute Gasteiger partial charge is 0.250 e. The van der Waals surface area contributed by atoms with Crippen LogP contribution < -0.4 is 5.43 Å². The summed E-state index contributed by atoms with van der Waals surface area (Å²) in [4.78, 5) is 13.5. The van der Waals surface area contributed by atoms with Gasteiger partial charge in [-0.1, -0.05) is 53.9 Å². The molecule has 0 atom stereocenters. The van der Waals surface area contributed by atoms with Crippen LogP contribution in [0.25, 0.3) is 21.7 Å². The normalized spacial score (nSPS) is 11.3. The number of aromatic nitrogens is 1. The summed E-state index contributed by atoms with van der Waals surface area (Å²) < 4.78 is 2.09. The van der Waals surface area contributed by atoms with Crippen molar-refractivity contribution in [1.29, 1.82) is 0 Å². The number of nitrogens with one attached hydrogen (secondary N) is 1. The lowest BCUT2D eigenvalue weighted by atomic mass is 10.1. The van der Waals surface area contributed by atoms with E-state index in [9.17, 15) is 4.79 Å². The van der Waals surface area contributed by atoms with Crippen molar-refractivity contribution in [2.75, 3.05) is 5.75 Å². The van der Waals surface area contributed by atoms with Gasteiger partial charge < -0.3 is 4.57 Å². The maximum atomic E-state index is 12.4. The van der Waals surface area contributed by atoms with Crippen molar-refractivity contribution in [2.45, 2.75) is 25.3 Å². The summed E-state index contributed by atoms with van der Waals surface area (Å²) in [6.07, 6.45) is 7.26. The number of carbonyl (C=O) groups excluding carboxylic acids is 1. The average molecular weight is 426 g/mol. The van der Waals surface area contributed by atoms with Crippen LogP contribution in [0.4, 0.5) is 0 Å². The van der Waals surface area contributed by atoms with E-state index in [1.807, 2.05) is 31.2 Å². The number of benzene rings is 3. The molecule has 1 amide bonds. The van der Waals surface area contributed by atoms with E-state index in [-0.39, 0.29) is 5.91 Å². The topological polar surface area (TPSA) is 46.4 Å². The summed E-state index contributed by atoms with van der Waals surface area (Å²) in [5.74, 6) is 2.86. The first-order valence-corrected chi connectivity index (χ1v) is 11.0. The molecule has 1 heterocycles. The summed E-state index contributed by atoms with van der Waals surface area (Å²) >= 11 is 1.51. The molecule has 31 heavy (non-hydrogen) atoms. The number of rotatable bonds is 6. The second kappa shape index (κ2) is 9.11. The Morgan fingerprint density at radius 1 is 1.13 bits per heavy atom. The maximum Gasteiger partial charge on any atom is 0.250 e. The molecular formula is C26H23N3OS. The van der Waals surface area contributed by atoms with Crippen LogP contribution >= 0.6 is 11.8 Å². The maximum absolute atomic E-state index is 12.4. The van der Waals surface area contributed by atoms with Gasteiger partial charge in [0.1, 0.15) is 0 Å². The highest BCUT2D eigenvalue weighted by Gasteiger charge is 2.12. The molecule has 1 aromatic heterocycles. The molecule has 3 aromatic carbocycles. The predicted octanol–water partition coefficient (Wildman–Crippen LogP) is 5.29. The Balaban J connectivity index is 1.48. The Hall–Kier alpha value is -3.49. The van der Waals surface area contributed by atoms with E-state index in [2.05, 4.69) is 64.3 Å². The van der Waals surface area contributed by atoms with Gasteiger partial charge in [0.05, 0.1) is 18.5 Å². The molecule has 0 fully saturated rings. The van der Waals surface area contributed by atoms with Crippen molar-refractivity contribution in [3.8, 4) is 12.3 Å². The highest BCUT2D eigenvalue weighted by Crippen LogP contribution is 2.28. The molecular weight excluding hydrogens is 402 g/mol. The Kier molecular flexibility index (Phi) is 6.11. The molecule has 154 valence electrons. The first-order valence-electron chi connectivity index (χ1n) is 10.0. The first kappa shape index (κ1) is 20.8. The van der Waals surface area contributed by atoms with E-state index in [0.29, 0.717) is 12.3 Å². The largest absolute Gasteiger partial charge is 0.333 e. The van der Waals surface area contributed by atoms with Crippen molar-refractivity contribution in [3.63, 3.8) is 0 Å². The molecule has 0 saturated heterocycles. The molecule has 4 rings (SSSR count). The molecule has 4 nitrogen and oxygen atoms in total. The van der Waals surface area contributed by atoms with E-state index >= 15 is 0 Å². The molecule has 0 unspecified atom stereocenters. The number of carbonyl (C=O) groups is 1. The Bertz CT molecular complexity index is 1340. The van der Waals surface area contributed by atoms with Gasteiger partial charge in [0, 0.05) is 27.1 Å². The number of aryl methyl sites for hydroxylation is 1. The molecule has 0 radical (unpaired) electrons. The average Bonchev–Trinajstić information content (AvgIpc) is 3.03. The molecule has 5 heteroatoms. The number of fused-ring (bicyclic) bond motifs is 2. The van der Waals surface area contributed by atoms with Crippen LogP contribution in [0.5, 0.6) is 0 Å². The first-order chi connectivity index (χ1) is 15.1. The predicted molar refractivity (Wildman–Crippen MR) is 131 cm³/mol. The molecule has 0 spiro atoms. The molecule has 0 aliphatic rings. The van der Waals surface area contributed by atoms with Crippen molar-refractivity contribution in [2.24, 2.45) is 5.10 Å². The Morgan fingerprint density at radius 3 is 2.77 bits per heavy atom. The van der Waals surface area contributed by atoms with Crippen LogP contribution in [0.2, 0.25) is 0 Å². The fourth-order valence-corrected chi connectivity index (χ4v) is 4.61. The summed E-state index contributed by atoms with van der Waals surface area (Å²) in [7, 11) is 0. The molecule has 0 aliphatic carbocycles. The van der Waals surface area contributed by atoms with Crippen LogP contribution in [0, 0.1) is 26.2 Å². The lowest BCUT2D eigenvalue weighted by Gasteiger charge is -2.05. The van der Waals surface area contributed by atoms with Crippen molar-refractivity contribution < 1.29 is 4.79 Å². The van der Waals surface area contributed by atoms with Gasteiger partial charge in [0.25, 0.3) is 0 Å². The number of thioether (sulfide) groups is 1. The summed E-state index contributed by atoms with van der Waals surface area (Å²) in [5.41, 5.74) is 6.89. The molecule has 4 aromatic rings. The van der Waals surface area contributed by atoms with Gasteiger partial charge in [-0.2, -0.15) is 5.10 Å². The van der Waals surface area contributed by atoms with Crippen LogP contribution in [0.3, 0.4) is 0 Å². The van der Waals surface area contributed by atoms with Crippen molar-refractivity contribution in [1.82, 2.24) is 9.99 Å². The minimum absolute atomic E-state index is 0.143. The standard InChI is InChI=1S/C26H23N3OS/c1-4-14-29-19(3)23(22-15-18(2)12-13-24(22)29)16-27-28-26(30)17-31-25-11-7-9-20-8-5-6-10-21(20)25/h1,5-13,15-16H,14,17H2,2-3H3,(H,28,30)/b27-16-. The van der Waals surface area contributed by atoms with Gasteiger partial charge in [0.2, 0.25) is 5.91 Å². The summed E-state index contributed by atoms with van der Waals surface area (Å²) in [6, 6.07) is 20.6. The van der Waals surface area contributed by atoms with Gasteiger partial charge in [-0.15, -0.1) is 18.2 Å². The zero-order valence-electron chi connectivity index (χ0n) is 17.6. The van der Waals surface area contributed by atoms with E-state index < -0.39 is 0 Å². The number of hydrogen-bond acceptors (Lipinski definition) is 3. The minimum atomic E-state index is -0.143. The van der Waals surface area contributed by atoms with Gasteiger partial charge in [-0.05, 0) is 42.8 Å². The fraction of sp³-hybridized carbons (Fsp3) is 0.154. The van der Waals surface area contributed by atoms with Gasteiger partial charge >= 0.3 is 0 Å². The van der Waals surface area contributed by atoms with Gasteiger partial charge in [-0.3, -0.25) is 4.79 Å². The molecule has 1 N–H and O–H groups in total. The van der Waals surface area contributed by atoms with Crippen molar-refractivity contribution in [3.05, 3.63) is 77.5 Å². The van der Waals surface area contributed by atoms with E-state index in [4.69, 9.17) is 6.42 Å². The second-order valence-corrected chi connectivity index (χ2v) is 8.39. The van der Waals surface area contributed by atoms with E-state index in [0.717, 1.165) is 38.0 Å². The van der Waals surface area contributed by atoms with Crippen LogP contribution in [-0.2, 0) is 11.3 Å². The molecule has 0 saturated carbocycles. The van der Waals surface area contributed by atoms with Crippen LogP contribution in [-0.4, -0.2) is 22.4 Å². The van der Waals surface area contributed by atoms with Crippen molar-refractivity contribution >= 4 is 45.6 Å². The highest BCUT2D eigenvalue weighted by atomic mass is 32.2. The van der Waals surface area contributed by atoms with Gasteiger partial charge in [0.15, 0.2) is 0 Å². The third-order valence-corrected chi connectivity index (χ3v) is 6.34. The number of hydrazone groups is 1. The second-order valence-electron chi connectivity index (χ2n) is 7.37. The van der Waals surface area contributed by atoms with E-state index in [1.165, 1.54) is 17.1 Å². The van der Waals surface area contributed by atoms with Crippen LogP contribution in [0.1, 0.15) is 16.8 Å². The minimum Gasteiger partial charge on any atom is -0.333 e. The third-order valence-electron chi connectivity index (χ3n) is 5.27. The number of terminal acetylenes is 1. The number of hydrogen-bond donors (Lipinski definition) is 1. The van der Waals surface area contributed by atoms with Crippen LogP contribution in [0.15, 0.2) is 70.7 Å². The number of nitrogens with zero attached hydrogens (tertiary/aromatic N) is 2. The zero-order chi connectivity index (χ0) is 21.8. The van der Waals surface area contributed by atoms with Gasteiger partial charge in [-0.25, -0.2) is 5.43 Å². The molecule has 0 bridgehead atoms. The summed E-state index contributed by atoms with van der Waals surface area (Å²) in [6.45, 7) is 4.57.